The van der Waals surface area contributed by atoms with Crippen LogP contribution in [-0.2, 0) is 9.59 Å². The molecular formula is C23H24N2O4. The number of para-hydroxylation sites is 1. The van der Waals surface area contributed by atoms with Crippen LogP contribution in [0.4, 0.5) is 5.69 Å². The Hall–Kier alpha value is -3.28. The lowest BCUT2D eigenvalue weighted by Crippen LogP contribution is -2.33. The second-order valence-electron chi connectivity index (χ2n) is 7.30. The number of anilines is 1. The molecule has 0 radical (unpaired) electrons. The zero-order chi connectivity index (χ0) is 20.4. The summed E-state index contributed by atoms with van der Waals surface area (Å²) >= 11 is 0. The van der Waals surface area contributed by atoms with Gasteiger partial charge in [0.05, 0.1) is 6.04 Å². The van der Waals surface area contributed by atoms with Crippen molar-refractivity contribution >= 4 is 28.5 Å². The fourth-order valence-electron chi connectivity index (χ4n) is 3.51. The molecule has 0 bridgehead atoms. The van der Waals surface area contributed by atoms with Gasteiger partial charge in [0, 0.05) is 31.1 Å². The number of benzene rings is 2. The molecular weight excluding hydrogens is 368 g/mol. The minimum absolute atomic E-state index is 0.0664. The molecule has 2 amide bonds. The van der Waals surface area contributed by atoms with Crippen molar-refractivity contribution in [2.24, 2.45) is 0 Å². The van der Waals surface area contributed by atoms with E-state index in [9.17, 15) is 9.59 Å². The molecule has 1 aliphatic heterocycles. The molecule has 0 saturated carbocycles. The molecule has 0 aliphatic carbocycles. The van der Waals surface area contributed by atoms with Crippen LogP contribution in [0.1, 0.15) is 31.6 Å². The fraction of sp³-hybridized carbons (Fsp3) is 0.304. The van der Waals surface area contributed by atoms with Gasteiger partial charge in [0.25, 0.3) is 5.91 Å². The van der Waals surface area contributed by atoms with Crippen molar-refractivity contribution in [3.63, 3.8) is 0 Å². The minimum atomic E-state index is -0.206. The van der Waals surface area contributed by atoms with Gasteiger partial charge < -0.3 is 19.0 Å². The van der Waals surface area contributed by atoms with E-state index in [0.29, 0.717) is 12.2 Å². The van der Waals surface area contributed by atoms with Gasteiger partial charge in [-0.15, -0.1) is 0 Å². The summed E-state index contributed by atoms with van der Waals surface area (Å²) in [6, 6.07) is 16.8. The summed E-state index contributed by atoms with van der Waals surface area (Å²) < 4.78 is 11.5. The third-order valence-corrected chi connectivity index (χ3v) is 5.41. The van der Waals surface area contributed by atoms with Crippen LogP contribution in [0.2, 0.25) is 0 Å². The number of likely N-dealkylation sites (N-methyl/N-ethyl adjacent to an activating group) is 1. The van der Waals surface area contributed by atoms with E-state index in [1.54, 1.807) is 29.0 Å². The topological polar surface area (TPSA) is 63.0 Å². The maximum absolute atomic E-state index is 12.6. The summed E-state index contributed by atoms with van der Waals surface area (Å²) in [5.74, 6) is 1.34. The molecule has 1 fully saturated rings. The molecule has 6 heteroatoms. The van der Waals surface area contributed by atoms with Crippen molar-refractivity contribution in [2.75, 3.05) is 25.1 Å². The first-order chi connectivity index (χ1) is 14.0. The lowest BCUT2D eigenvalue weighted by molar-refractivity contribution is -0.134. The Balaban J connectivity index is 1.35. The molecule has 0 spiro atoms. The number of amides is 2. The molecule has 1 aliphatic rings. The second kappa shape index (κ2) is 7.99. The molecule has 1 unspecified atom stereocenters. The quantitative estimate of drug-likeness (QED) is 0.632. The summed E-state index contributed by atoms with van der Waals surface area (Å²) in [5.41, 5.74) is 1.67. The first kappa shape index (κ1) is 19.1. The first-order valence-electron chi connectivity index (χ1n) is 9.80. The Morgan fingerprint density at radius 1 is 1.21 bits per heavy atom. The van der Waals surface area contributed by atoms with E-state index in [0.717, 1.165) is 35.4 Å². The highest BCUT2D eigenvalue weighted by molar-refractivity contribution is 5.95. The number of nitrogens with zero attached hydrogens (tertiary/aromatic N) is 2. The summed E-state index contributed by atoms with van der Waals surface area (Å²) in [7, 11) is 1.74. The standard InChI is InChI=1S/C23H24N2O4/c1-16(21-14-17-6-3-4-7-20(17)29-21)24(2)23(27)15-28-19-11-9-18(10-12-19)25-13-5-8-22(25)26/h3-4,6-7,9-12,14,16H,5,8,13,15H2,1-2H3. The molecule has 3 aromatic rings. The number of fused-ring (bicyclic) bond motifs is 1. The van der Waals surface area contributed by atoms with Crippen LogP contribution >= 0.6 is 0 Å². The van der Waals surface area contributed by atoms with Gasteiger partial charge in [-0.05, 0) is 49.7 Å². The average Bonchev–Trinajstić information content (AvgIpc) is 3.37. The first-order valence-corrected chi connectivity index (χ1v) is 9.80. The van der Waals surface area contributed by atoms with Crippen LogP contribution < -0.4 is 9.64 Å². The van der Waals surface area contributed by atoms with E-state index >= 15 is 0 Å². The van der Waals surface area contributed by atoms with Gasteiger partial charge in [-0.2, -0.15) is 0 Å². The van der Waals surface area contributed by atoms with E-state index in [1.807, 2.05) is 49.4 Å². The van der Waals surface area contributed by atoms with Crippen LogP contribution in [0.3, 0.4) is 0 Å². The Kier molecular flexibility index (Phi) is 5.25. The maximum Gasteiger partial charge on any atom is 0.260 e. The predicted octanol–water partition coefficient (Wildman–Crippen LogP) is 4.16. The van der Waals surface area contributed by atoms with E-state index in [1.165, 1.54) is 0 Å². The number of hydrogen-bond acceptors (Lipinski definition) is 4. The van der Waals surface area contributed by atoms with Crippen molar-refractivity contribution in [3.8, 4) is 5.75 Å². The Labute approximate surface area is 169 Å². The van der Waals surface area contributed by atoms with Gasteiger partial charge in [-0.1, -0.05) is 18.2 Å². The SMILES string of the molecule is CC(c1cc2ccccc2o1)N(C)C(=O)COc1ccc(N2CCCC2=O)cc1. The molecule has 150 valence electrons. The van der Waals surface area contributed by atoms with Gasteiger partial charge in [-0.3, -0.25) is 9.59 Å². The smallest absolute Gasteiger partial charge is 0.260 e. The van der Waals surface area contributed by atoms with E-state index in [2.05, 4.69) is 0 Å². The number of hydrogen-bond donors (Lipinski definition) is 0. The fourth-order valence-corrected chi connectivity index (χ4v) is 3.51. The Morgan fingerprint density at radius 3 is 2.66 bits per heavy atom. The summed E-state index contributed by atoms with van der Waals surface area (Å²) in [4.78, 5) is 27.8. The van der Waals surface area contributed by atoms with Gasteiger partial charge >= 0.3 is 0 Å². The van der Waals surface area contributed by atoms with Gasteiger partial charge in [0.2, 0.25) is 5.91 Å². The average molecular weight is 392 g/mol. The van der Waals surface area contributed by atoms with Crippen LogP contribution in [0, 0.1) is 0 Å². The van der Waals surface area contributed by atoms with Gasteiger partial charge in [0.15, 0.2) is 6.61 Å². The highest BCUT2D eigenvalue weighted by Gasteiger charge is 2.22. The number of carbonyl (C=O) groups excluding carboxylic acids is 2. The maximum atomic E-state index is 12.6. The number of furan rings is 1. The van der Waals surface area contributed by atoms with Gasteiger partial charge in [0.1, 0.15) is 17.1 Å². The summed E-state index contributed by atoms with van der Waals surface area (Å²) in [5, 5.41) is 1.02. The zero-order valence-corrected chi connectivity index (χ0v) is 16.6. The van der Waals surface area contributed by atoms with Crippen molar-refractivity contribution in [2.45, 2.75) is 25.8 Å². The molecule has 29 heavy (non-hydrogen) atoms. The molecule has 0 N–H and O–H groups in total. The number of carbonyl (C=O) groups is 2. The summed E-state index contributed by atoms with van der Waals surface area (Å²) in [6.07, 6.45) is 1.49. The molecule has 1 aromatic heterocycles. The molecule has 4 rings (SSSR count). The van der Waals surface area contributed by atoms with Crippen molar-refractivity contribution < 1.29 is 18.7 Å². The number of rotatable bonds is 6. The van der Waals surface area contributed by atoms with Crippen molar-refractivity contribution in [1.29, 1.82) is 0 Å². The molecule has 2 aromatic carbocycles. The highest BCUT2D eigenvalue weighted by atomic mass is 16.5. The van der Waals surface area contributed by atoms with Crippen LogP contribution in [0.25, 0.3) is 11.0 Å². The zero-order valence-electron chi connectivity index (χ0n) is 16.6. The monoisotopic (exact) mass is 392 g/mol. The highest BCUT2D eigenvalue weighted by Crippen LogP contribution is 2.27. The van der Waals surface area contributed by atoms with E-state index < -0.39 is 0 Å². The lowest BCUT2D eigenvalue weighted by Gasteiger charge is -2.23. The van der Waals surface area contributed by atoms with Crippen molar-refractivity contribution in [3.05, 3.63) is 60.4 Å². The molecule has 1 atom stereocenters. The largest absolute Gasteiger partial charge is 0.484 e. The Bertz CT molecular complexity index is 992. The van der Waals surface area contributed by atoms with Crippen LogP contribution in [0.15, 0.2) is 59.0 Å². The third-order valence-electron chi connectivity index (χ3n) is 5.41. The number of ether oxygens (including phenoxy) is 1. The van der Waals surface area contributed by atoms with Crippen LogP contribution in [-0.4, -0.2) is 36.9 Å². The van der Waals surface area contributed by atoms with E-state index in [-0.39, 0.29) is 24.5 Å². The van der Waals surface area contributed by atoms with Crippen molar-refractivity contribution in [1.82, 2.24) is 4.90 Å². The molecule has 6 nitrogen and oxygen atoms in total. The predicted molar refractivity (Wildman–Crippen MR) is 111 cm³/mol. The molecule has 1 saturated heterocycles. The van der Waals surface area contributed by atoms with Gasteiger partial charge in [-0.25, -0.2) is 0 Å². The summed E-state index contributed by atoms with van der Waals surface area (Å²) in [6.45, 7) is 2.61. The van der Waals surface area contributed by atoms with E-state index in [4.69, 9.17) is 9.15 Å². The molecule has 2 heterocycles. The third kappa shape index (κ3) is 3.97. The second-order valence-corrected chi connectivity index (χ2v) is 7.30. The normalized spacial score (nSPS) is 15.0. The van der Waals surface area contributed by atoms with Crippen LogP contribution in [0.5, 0.6) is 5.75 Å². The Morgan fingerprint density at radius 2 is 1.97 bits per heavy atom. The lowest BCUT2D eigenvalue weighted by atomic mass is 10.2. The minimum Gasteiger partial charge on any atom is -0.484 e.